The molecular weight excluding hydrogens is 345 g/mol. The summed E-state index contributed by atoms with van der Waals surface area (Å²) >= 11 is 5.71. The second-order valence-electron chi connectivity index (χ2n) is 5.56. The highest BCUT2D eigenvalue weighted by atomic mass is 35.5. The molecule has 0 atom stereocenters. The third-order valence-corrected chi connectivity index (χ3v) is 4.11. The minimum absolute atomic E-state index is 0.0135. The average molecular weight is 360 g/mol. The summed E-state index contributed by atoms with van der Waals surface area (Å²) in [5, 5.41) is 2.83. The zero-order chi connectivity index (χ0) is 18.1. The number of carbonyl (C=O) groups is 1. The highest BCUT2D eigenvalue weighted by Gasteiger charge is 2.16. The Kier molecular flexibility index (Phi) is 4.55. The van der Waals surface area contributed by atoms with Crippen molar-refractivity contribution in [2.24, 2.45) is 0 Å². The van der Waals surface area contributed by atoms with Gasteiger partial charge in [0.15, 0.2) is 0 Å². The molecule has 0 radical (unpaired) electrons. The van der Waals surface area contributed by atoms with Gasteiger partial charge in [0.2, 0.25) is 5.43 Å². The number of aromatic nitrogens is 2. The number of nitrogens with one attached hydrogen (secondary N) is 1. The van der Waals surface area contributed by atoms with Crippen molar-refractivity contribution in [3.05, 3.63) is 68.8 Å². The Hall–Kier alpha value is -2.73. The summed E-state index contributed by atoms with van der Waals surface area (Å²) in [6, 6.07) is 7.21. The first-order chi connectivity index (χ1) is 11.9. The molecule has 5 nitrogen and oxygen atoms in total. The van der Waals surface area contributed by atoms with Crippen LogP contribution < -0.4 is 10.7 Å². The first kappa shape index (κ1) is 17.1. The zero-order valence-electron chi connectivity index (χ0n) is 13.6. The molecule has 128 valence electrons. The van der Waals surface area contributed by atoms with Crippen molar-refractivity contribution in [3.8, 4) is 0 Å². The van der Waals surface area contributed by atoms with Crippen molar-refractivity contribution in [2.45, 2.75) is 20.4 Å². The number of pyridine rings is 2. The molecule has 0 aliphatic carbocycles. The largest absolute Gasteiger partial charge is 0.332 e. The number of fused-ring (bicyclic) bond motifs is 1. The second-order valence-corrected chi connectivity index (χ2v) is 5.97. The molecule has 3 aromatic rings. The van der Waals surface area contributed by atoms with Gasteiger partial charge in [-0.2, -0.15) is 0 Å². The maximum atomic E-state index is 13.2. The van der Waals surface area contributed by atoms with Gasteiger partial charge in [-0.05, 0) is 44.2 Å². The van der Waals surface area contributed by atoms with Crippen LogP contribution in [0.1, 0.15) is 23.0 Å². The first-order valence-electron chi connectivity index (χ1n) is 7.68. The van der Waals surface area contributed by atoms with E-state index in [9.17, 15) is 14.0 Å². The van der Waals surface area contributed by atoms with Crippen molar-refractivity contribution in [1.82, 2.24) is 9.55 Å². The SMILES string of the molecule is CCn1cc(C(=O)Nc2ccc(F)c(Cl)c2)c(=O)c2ccc(C)nc21. The van der Waals surface area contributed by atoms with Gasteiger partial charge in [-0.25, -0.2) is 9.37 Å². The lowest BCUT2D eigenvalue weighted by Crippen LogP contribution is -2.24. The fraction of sp³-hybridized carbons (Fsp3) is 0.167. The van der Waals surface area contributed by atoms with Crippen molar-refractivity contribution < 1.29 is 9.18 Å². The maximum absolute atomic E-state index is 13.2. The van der Waals surface area contributed by atoms with E-state index in [0.717, 1.165) is 11.8 Å². The Morgan fingerprint density at radius 3 is 2.76 bits per heavy atom. The van der Waals surface area contributed by atoms with Crippen LogP contribution in [0.4, 0.5) is 10.1 Å². The number of carbonyl (C=O) groups excluding carboxylic acids is 1. The van der Waals surface area contributed by atoms with Gasteiger partial charge < -0.3 is 9.88 Å². The van der Waals surface area contributed by atoms with E-state index in [1.54, 1.807) is 16.7 Å². The van der Waals surface area contributed by atoms with Crippen molar-refractivity contribution in [1.29, 1.82) is 0 Å². The molecule has 0 bridgehead atoms. The van der Waals surface area contributed by atoms with Crippen LogP contribution in [-0.2, 0) is 6.54 Å². The van der Waals surface area contributed by atoms with E-state index >= 15 is 0 Å². The molecule has 3 rings (SSSR count). The van der Waals surface area contributed by atoms with Gasteiger partial charge in [0.1, 0.15) is 17.0 Å². The fourth-order valence-electron chi connectivity index (χ4n) is 2.53. The Bertz CT molecular complexity index is 1050. The van der Waals surface area contributed by atoms with Crippen LogP contribution in [0.15, 0.2) is 41.3 Å². The quantitative estimate of drug-likeness (QED) is 0.774. The molecule has 0 saturated carbocycles. The molecule has 25 heavy (non-hydrogen) atoms. The van der Waals surface area contributed by atoms with E-state index < -0.39 is 17.2 Å². The van der Waals surface area contributed by atoms with Crippen LogP contribution in [0.5, 0.6) is 0 Å². The normalized spacial score (nSPS) is 10.9. The molecule has 7 heteroatoms. The molecule has 1 N–H and O–H groups in total. The van der Waals surface area contributed by atoms with E-state index in [4.69, 9.17) is 11.6 Å². The summed E-state index contributed by atoms with van der Waals surface area (Å²) < 4.78 is 15.0. The predicted molar refractivity (Wildman–Crippen MR) is 95.8 cm³/mol. The van der Waals surface area contributed by atoms with Crippen LogP contribution in [0.3, 0.4) is 0 Å². The minimum Gasteiger partial charge on any atom is -0.332 e. The first-order valence-corrected chi connectivity index (χ1v) is 8.05. The molecule has 0 aliphatic rings. The third kappa shape index (κ3) is 3.25. The molecular formula is C18H15ClFN3O2. The molecule has 2 heterocycles. The van der Waals surface area contributed by atoms with Gasteiger partial charge in [-0.1, -0.05) is 11.6 Å². The maximum Gasteiger partial charge on any atom is 0.261 e. The van der Waals surface area contributed by atoms with E-state index in [0.29, 0.717) is 23.3 Å². The molecule has 1 amide bonds. The smallest absolute Gasteiger partial charge is 0.261 e. The number of halogens is 2. The topological polar surface area (TPSA) is 64.0 Å². The Labute approximate surface area is 148 Å². The van der Waals surface area contributed by atoms with Gasteiger partial charge >= 0.3 is 0 Å². The third-order valence-electron chi connectivity index (χ3n) is 3.82. The summed E-state index contributed by atoms with van der Waals surface area (Å²) in [5.41, 5.74) is 1.21. The number of aryl methyl sites for hydroxylation is 2. The monoisotopic (exact) mass is 359 g/mol. The summed E-state index contributed by atoms with van der Waals surface area (Å²) in [4.78, 5) is 29.6. The van der Waals surface area contributed by atoms with Crippen LogP contribution in [0.25, 0.3) is 11.0 Å². The molecule has 2 aromatic heterocycles. The van der Waals surface area contributed by atoms with Gasteiger partial charge in [-0.3, -0.25) is 9.59 Å². The molecule has 1 aromatic carbocycles. The van der Waals surface area contributed by atoms with Gasteiger partial charge in [0, 0.05) is 24.1 Å². The number of nitrogens with zero attached hydrogens (tertiary/aromatic N) is 2. The number of amides is 1. The highest BCUT2D eigenvalue weighted by molar-refractivity contribution is 6.31. The lowest BCUT2D eigenvalue weighted by Gasteiger charge is -2.12. The number of benzene rings is 1. The van der Waals surface area contributed by atoms with E-state index in [1.807, 2.05) is 13.8 Å². The Morgan fingerprint density at radius 1 is 1.32 bits per heavy atom. The molecule has 0 aliphatic heterocycles. The fourth-order valence-corrected chi connectivity index (χ4v) is 2.72. The van der Waals surface area contributed by atoms with Gasteiger partial charge in [0.05, 0.1) is 10.4 Å². The number of hydrogen-bond acceptors (Lipinski definition) is 3. The van der Waals surface area contributed by atoms with Crippen LogP contribution in [0.2, 0.25) is 5.02 Å². The second kappa shape index (κ2) is 6.64. The molecule has 0 unspecified atom stereocenters. The number of hydrogen-bond donors (Lipinski definition) is 1. The summed E-state index contributed by atoms with van der Waals surface area (Å²) in [6.07, 6.45) is 1.48. The summed E-state index contributed by atoms with van der Waals surface area (Å²) in [5.74, 6) is -1.17. The lowest BCUT2D eigenvalue weighted by molar-refractivity contribution is 0.102. The molecule has 0 spiro atoms. The Morgan fingerprint density at radius 2 is 2.08 bits per heavy atom. The highest BCUT2D eigenvalue weighted by Crippen LogP contribution is 2.20. The standard InChI is InChI=1S/C18H15ClFN3O2/c1-3-23-9-13(16(24)12-6-4-10(2)21-17(12)23)18(25)22-11-5-7-15(20)14(19)8-11/h4-9H,3H2,1-2H3,(H,22,25). The lowest BCUT2D eigenvalue weighted by atomic mass is 10.1. The molecule has 0 saturated heterocycles. The van der Waals surface area contributed by atoms with Gasteiger partial charge in [-0.15, -0.1) is 0 Å². The number of anilines is 1. The van der Waals surface area contributed by atoms with E-state index in [-0.39, 0.29) is 10.6 Å². The van der Waals surface area contributed by atoms with Crippen molar-refractivity contribution in [3.63, 3.8) is 0 Å². The predicted octanol–water partition coefficient (Wildman–Crippen LogP) is 3.77. The number of rotatable bonds is 3. The summed E-state index contributed by atoms with van der Waals surface area (Å²) in [7, 11) is 0. The van der Waals surface area contributed by atoms with Crippen molar-refractivity contribution in [2.75, 3.05) is 5.32 Å². The van der Waals surface area contributed by atoms with Crippen LogP contribution >= 0.6 is 11.6 Å². The van der Waals surface area contributed by atoms with Crippen LogP contribution in [-0.4, -0.2) is 15.5 Å². The van der Waals surface area contributed by atoms with Crippen LogP contribution in [0, 0.1) is 12.7 Å². The average Bonchev–Trinajstić information content (AvgIpc) is 2.58. The van der Waals surface area contributed by atoms with E-state index in [2.05, 4.69) is 10.3 Å². The van der Waals surface area contributed by atoms with E-state index in [1.165, 1.54) is 18.3 Å². The Balaban J connectivity index is 2.07. The zero-order valence-corrected chi connectivity index (χ0v) is 14.4. The molecule has 0 fully saturated rings. The summed E-state index contributed by atoms with van der Waals surface area (Å²) in [6.45, 7) is 4.29. The minimum atomic E-state index is -0.586. The van der Waals surface area contributed by atoms with Gasteiger partial charge in [0.25, 0.3) is 5.91 Å². The van der Waals surface area contributed by atoms with Crippen molar-refractivity contribution >= 4 is 34.2 Å².